The monoisotopic (exact) mass is 243 g/mol. The van der Waals surface area contributed by atoms with Crippen LogP contribution in [0.4, 0.5) is 0 Å². The lowest BCUT2D eigenvalue weighted by Crippen LogP contribution is -2.04. The summed E-state index contributed by atoms with van der Waals surface area (Å²) in [6.45, 7) is 1.99. The summed E-state index contributed by atoms with van der Waals surface area (Å²) in [5.41, 5.74) is 9.11. The third-order valence-electron chi connectivity index (χ3n) is 2.83. The molecule has 3 rings (SSSR count). The van der Waals surface area contributed by atoms with Gasteiger partial charge in [-0.1, -0.05) is 24.3 Å². The van der Waals surface area contributed by atoms with Crippen molar-refractivity contribution < 1.29 is 0 Å². The van der Waals surface area contributed by atoms with Gasteiger partial charge < -0.3 is 5.73 Å². The maximum atomic E-state index is 5.83. The van der Waals surface area contributed by atoms with Crippen LogP contribution in [0, 0.1) is 0 Å². The van der Waals surface area contributed by atoms with E-state index in [0.717, 1.165) is 21.8 Å². The molecule has 0 aliphatic carbocycles. The fourth-order valence-electron chi connectivity index (χ4n) is 1.82. The van der Waals surface area contributed by atoms with Gasteiger partial charge in [0.1, 0.15) is 0 Å². The molecule has 3 nitrogen and oxygen atoms in total. The standard InChI is InChI=1S/C13H13N3S/c1-9(14)10-2-4-11(5-3-10)12-8-16-6-7-17-13(16)15-12/h2-9H,14H2,1H3. The fourth-order valence-corrected chi connectivity index (χ4v) is 2.52. The van der Waals surface area contributed by atoms with Gasteiger partial charge in [-0.25, -0.2) is 4.98 Å². The molecule has 0 fully saturated rings. The minimum Gasteiger partial charge on any atom is -0.324 e. The third-order valence-corrected chi connectivity index (χ3v) is 3.60. The summed E-state index contributed by atoms with van der Waals surface area (Å²) in [6.07, 6.45) is 4.07. The Bertz CT molecular complexity index is 606. The van der Waals surface area contributed by atoms with Gasteiger partial charge in [0.05, 0.1) is 5.69 Å². The van der Waals surface area contributed by atoms with Gasteiger partial charge in [-0.2, -0.15) is 0 Å². The van der Waals surface area contributed by atoms with Crippen LogP contribution in [-0.2, 0) is 0 Å². The molecule has 0 aliphatic heterocycles. The van der Waals surface area contributed by atoms with Crippen LogP contribution in [0.3, 0.4) is 0 Å². The minimum atomic E-state index is 0.0783. The Morgan fingerprint density at radius 3 is 2.71 bits per heavy atom. The highest BCUT2D eigenvalue weighted by Crippen LogP contribution is 2.22. The van der Waals surface area contributed by atoms with E-state index in [0.29, 0.717) is 0 Å². The maximum absolute atomic E-state index is 5.83. The Morgan fingerprint density at radius 2 is 2.06 bits per heavy atom. The molecule has 2 N–H and O–H groups in total. The third kappa shape index (κ3) is 1.85. The first-order valence-corrected chi connectivity index (χ1v) is 6.40. The average molecular weight is 243 g/mol. The molecule has 0 saturated carbocycles. The van der Waals surface area contributed by atoms with Crippen LogP contribution in [0.25, 0.3) is 16.2 Å². The van der Waals surface area contributed by atoms with Gasteiger partial charge in [0, 0.05) is 29.4 Å². The second kappa shape index (κ2) is 3.98. The molecule has 0 aliphatic rings. The number of thiazole rings is 1. The fraction of sp³-hybridized carbons (Fsp3) is 0.154. The molecule has 86 valence electrons. The molecule has 0 spiro atoms. The normalized spacial score (nSPS) is 13.1. The number of hydrogen-bond acceptors (Lipinski definition) is 3. The first kappa shape index (κ1) is 10.5. The van der Waals surface area contributed by atoms with E-state index in [1.807, 2.05) is 29.1 Å². The number of nitrogens with two attached hydrogens (primary N) is 1. The Morgan fingerprint density at radius 1 is 1.29 bits per heavy atom. The van der Waals surface area contributed by atoms with Crippen molar-refractivity contribution in [2.45, 2.75) is 13.0 Å². The zero-order valence-electron chi connectivity index (χ0n) is 9.50. The quantitative estimate of drug-likeness (QED) is 0.751. The lowest BCUT2D eigenvalue weighted by Gasteiger charge is -2.05. The maximum Gasteiger partial charge on any atom is 0.194 e. The van der Waals surface area contributed by atoms with Crippen molar-refractivity contribution in [3.63, 3.8) is 0 Å². The van der Waals surface area contributed by atoms with Gasteiger partial charge in [-0.3, -0.25) is 4.40 Å². The van der Waals surface area contributed by atoms with Crippen LogP contribution in [0.5, 0.6) is 0 Å². The molecule has 3 aromatic rings. The Hall–Kier alpha value is -1.65. The molecule has 1 aromatic carbocycles. The van der Waals surface area contributed by atoms with E-state index in [9.17, 15) is 0 Å². The Kier molecular flexibility index (Phi) is 2.46. The first-order valence-electron chi connectivity index (χ1n) is 5.52. The SMILES string of the molecule is CC(N)c1ccc(-c2cn3ccsc3n2)cc1. The van der Waals surface area contributed by atoms with Crippen LogP contribution >= 0.6 is 11.3 Å². The number of rotatable bonds is 2. The van der Waals surface area contributed by atoms with Crippen molar-refractivity contribution in [3.8, 4) is 11.3 Å². The second-order valence-electron chi connectivity index (χ2n) is 4.13. The summed E-state index contributed by atoms with van der Waals surface area (Å²) in [5.74, 6) is 0. The lowest BCUT2D eigenvalue weighted by molar-refractivity contribution is 0.818. The minimum absolute atomic E-state index is 0.0783. The van der Waals surface area contributed by atoms with E-state index in [1.165, 1.54) is 0 Å². The number of benzene rings is 1. The number of nitrogens with zero attached hydrogens (tertiary/aromatic N) is 2. The molecule has 0 saturated heterocycles. The molecule has 17 heavy (non-hydrogen) atoms. The highest BCUT2D eigenvalue weighted by molar-refractivity contribution is 7.15. The zero-order chi connectivity index (χ0) is 11.8. The van der Waals surface area contributed by atoms with Crippen LogP contribution < -0.4 is 5.73 Å². The van der Waals surface area contributed by atoms with E-state index in [2.05, 4.69) is 29.2 Å². The Balaban J connectivity index is 2.01. The van der Waals surface area contributed by atoms with Crippen molar-refractivity contribution in [2.24, 2.45) is 5.73 Å². The molecule has 1 unspecified atom stereocenters. The Labute approximate surface area is 104 Å². The highest BCUT2D eigenvalue weighted by atomic mass is 32.1. The smallest absolute Gasteiger partial charge is 0.194 e. The second-order valence-corrected chi connectivity index (χ2v) is 5.00. The van der Waals surface area contributed by atoms with Crippen molar-refractivity contribution in [1.29, 1.82) is 0 Å². The van der Waals surface area contributed by atoms with Crippen LogP contribution in [0.15, 0.2) is 42.0 Å². The summed E-state index contributed by atoms with van der Waals surface area (Å²) in [6, 6.07) is 8.35. The van der Waals surface area contributed by atoms with Gasteiger partial charge in [-0.15, -0.1) is 11.3 Å². The van der Waals surface area contributed by atoms with Gasteiger partial charge in [-0.05, 0) is 12.5 Å². The predicted molar refractivity (Wildman–Crippen MR) is 71.1 cm³/mol. The lowest BCUT2D eigenvalue weighted by atomic mass is 10.1. The van der Waals surface area contributed by atoms with Crippen molar-refractivity contribution >= 4 is 16.3 Å². The van der Waals surface area contributed by atoms with E-state index in [-0.39, 0.29) is 6.04 Å². The number of imidazole rings is 1. The number of hydrogen-bond donors (Lipinski definition) is 1. The van der Waals surface area contributed by atoms with E-state index in [4.69, 9.17) is 5.73 Å². The average Bonchev–Trinajstić information content (AvgIpc) is 2.89. The summed E-state index contributed by atoms with van der Waals surface area (Å²) in [4.78, 5) is 5.59. The first-order chi connectivity index (χ1) is 8.24. The van der Waals surface area contributed by atoms with E-state index < -0.39 is 0 Å². The molecule has 2 aromatic heterocycles. The molecule has 4 heteroatoms. The number of aromatic nitrogens is 2. The van der Waals surface area contributed by atoms with Crippen LogP contribution in [-0.4, -0.2) is 9.38 Å². The van der Waals surface area contributed by atoms with Gasteiger partial charge in [0.25, 0.3) is 0 Å². The predicted octanol–water partition coefficient (Wildman–Crippen LogP) is 3.08. The molecule has 0 amide bonds. The van der Waals surface area contributed by atoms with E-state index in [1.54, 1.807) is 11.3 Å². The van der Waals surface area contributed by atoms with Crippen molar-refractivity contribution in [1.82, 2.24) is 9.38 Å². The largest absolute Gasteiger partial charge is 0.324 e. The molecular weight excluding hydrogens is 230 g/mol. The summed E-state index contributed by atoms with van der Waals surface area (Å²) in [7, 11) is 0. The van der Waals surface area contributed by atoms with Crippen molar-refractivity contribution in [2.75, 3.05) is 0 Å². The molecule has 0 bridgehead atoms. The van der Waals surface area contributed by atoms with Crippen LogP contribution in [0.2, 0.25) is 0 Å². The zero-order valence-corrected chi connectivity index (χ0v) is 10.3. The summed E-state index contributed by atoms with van der Waals surface area (Å²) >= 11 is 1.64. The van der Waals surface area contributed by atoms with Gasteiger partial charge in [0.15, 0.2) is 4.96 Å². The van der Waals surface area contributed by atoms with Gasteiger partial charge >= 0.3 is 0 Å². The molecular formula is C13H13N3S. The van der Waals surface area contributed by atoms with Crippen molar-refractivity contribution in [3.05, 3.63) is 47.6 Å². The highest BCUT2D eigenvalue weighted by Gasteiger charge is 2.05. The molecule has 2 heterocycles. The van der Waals surface area contributed by atoms with E-state index >= 15 is 0 Å². The van der Waals surface area contributed by atoms with Crippen LogP contribution in [0.1, 0.15) is 18.5 Å². The molecule has 0 radical (unpaired) electrons. The molecule has 1 atom stereocenters. The summed E-state index contributed by atoms with van der Waals surface area (Å²) < 4.78 is 2.04. The van der Waals surface area contributed by atoms with Gasteiger partial charge in [0.2, 0.25) is 0 Å². The number of fused-ring (bicyclic) bond motifs is 1. The topological polar surface area (TPSA) is 43.3 Å². The summed E-state index contributed by atoms with van der Waals surface area (Å²) in [5, 5.41) is 2.03.